The molecule has 19 heavy (non-hydrogen) atoms. The molecule has 0 fully saturated rings. The predicted molar refractivity (Wildman–Crippen MR) is 74.5 cm³/mol. The van der Waals surface area contributed by atoms with Gasteiger partial charge < -0.3 is 5.73 Å². The molecule has 1 nitrogen and oxygen atoms in total. The Morgan fingerprint density at radius 2 is 1.89 bits per heavy atom. The standard InChI is InChI=1S/C12H8BrClF3NS/c13-11-8(14)5-9(19-11)10(18)6-3-1-2-4-7(6)12(15,16)17/h1-5,10H,18H2. The molecule has 102 valence electrons. The van der Waals surface area contributed by atoms with E-state index < -0.39 is 17.8 Å². The first-order valence-electron chi connectivity index (χ1n) is 5.17. The van der Waals surface area contributed by atoms with E-state index in [0.29, 0.717) is 13.7 Å². The molecule has 0 aliphatic rings. The van der Waals surface area contributed by atoms with Crippen LogP contribution in [0.4, 0.5) is 13.2 Å². The van der Waals surface area contributed by atoms with Crippen molar-refractivity contribution in [2.24, 2.45) is 5.73 Å². The van der Waals surface area contributed by atoms with Crippen molar-refractivity contribution < 1.29 is 13.2 Å². The molecule has 1 unspecified atom stereocenters. The largest absolute Gasteiger partial charge is 0.416 e. The Hall–Kier alpha value is -0.560. The Morgan fingerprint density at radius 1 is 1.26 bits per heavy atom. The molecule has 0 bridgehead atoms. The topological polar surface area (TPSA) is 26.0 Å². The van der Waals surface area contributed by atoms with Crippen LogP contribution >= 0.6 is 38.9 Å². The van der Waals surface area contributed by atoms with E-state index in [0.717, 1.165) is 6.07 Å². The summed E-state index contributed by atoms with van der Waals surface area (Å²) < 4.78 is 39.4. The highest BCUT2D eigenvalue weighted by Gasteiger charge is 2.34. The van der Waals surface area contributed by atoms with Crippen LogP contribution in [0.5, 0.6) is 0 Å². The molecule has 0 saturated carbocycles. The highest BCUT2D eigenvalue weighted by Crippen LogP contribution is 2.40. The molecule has 2 N–H and O–H groups in total. The zero-order valence-corrected chi connectivity index (χ0v) is 12.5. The summed E-state index contributed by atoms with van der Waals surface area (Å²) in [6.07, 6.45) is -4.42. The average Bonchev–Trinajstić information content (AvgIpc) is 2.68. The van der Waals surface area contributed by atoms with Crippen molar-refractivity contribution in [2.75, 3.05) is 0 Å². The van der Waals surface area contributed by atoms with E-state index >= 15 is 0 Å². The number of halogens is 5. The van der Waals surface area contributed by atoms with E-state index in [-0.39, 0.29) is 5.56 Å². The van der Waals surface area contributed by atoms with E-state index in [2.05, 4.69) is 15.9 Å². The molecule has 0 aliphatic carbocycles. The number of benzene rings is 1. The molecule has 0 saturated heterocycles. The predicted octanol–water partition coefficient (Wildman–Crippen LogP) is 5.23. The molecule has 2 rings (SSSR count). The lowest BCUT2D eigenvalue weighted by molar-refractivity contribution is -0.138. The molecule has 1 atom stereocenters. The fraction of sp³-hybridized carbons (Fsp3) is 0.167. The lowest BCUT2D eigenvalue weighted by Gasteiger charge is -2.17. The third-order valence-corrected chi connectivity index (χ3v) is 5.13. The van der Waals surface area contributed by atoms with Gasteiger partial charge in [-0.1, -0.05) is 29.8 Å². The minimum atomic E-state index is -4.42. The lowest BCUT2D eigenvalue weighted by atomic mass is 9.99. The van der Waals surface area contributed by atoms with Gasteiger partial charge >= 0.3 is 6.18 Å². The number of hydrogen-bond acceptors (Lipinski definition) is 2. The zero-order chi connectivity index (χ0) is 14.2. The van der Waals surface area contributed by atoms with Gasteiger partial charge in [0.2, 0.25) is 0 Å². The maximum Gasteiger partial charge on any atom is 0.416 e. The molecule has 2 aromatic rings. The summed E-state index contributed by atoms with van der Waals surface area (Å²) in [5.74, 6) is 0. The molecule has 1 aromatic heterocycles. The fourth-order valence-corrected chi connectivity index (χ4v) is 3.46. The summed E-state index contributed by atoms with van der Waals surface area (Å²) in [5.41, 5.74) is 5.25. The summed E-state index contributed by atoms with van der Waals surface area (Å²) in [6.45, 7) is 0. The van der Waals surface area contributed by atoms with Crippen LogP contribution in [-0.2, 0) is 6.18 Å². The molecular formula is C12H8BrClF3NS. The van der Waals surface area contributed by atoms with Gasteiger partial charge in [0, 0.05) is 4.88 Å². The van der Waals surface area contributed by atoms with E-state index in [4.69, 9.17) is 17.3 Å². The van der Waals surface area contributed by atoms with E-state index in [9.17, 15) is 13.2 Å². The number of thiophene rings is 1. The van der Waals surface area contributed by atoms with Gasteiger partial charge in [-0.25, -0.2) is 0 Å². The van der Waals surface area contributed by atoms with Crippen LogP contribution in [0.15, 0.2) is 34.1 Å². The monoisotopic (exact) mass is 369 g/mol. The third-order valence-electron chi connectivity index (χ3n) is 2.57. The highest BCUT2D eigenvalue weighted by molar-refractivity contribution is 9.11. The van der Waals surface area contributed by atoms with Crippen molar-refractivity contribution in [2.45, 2.75) is 12.2 Å². The quantitative estimate of drug-likeness (QED) is 0.769. The first-order valence-corrected chi connectivity index (χ1v) is 7.16. The maximum atomic E-state index is 12.9. The average molecular weight is 371 g/mol. The van der Waals surface area contributed by atoms with Gasteiger partial charge in [0.15, 0.2) is 0 Å². The summed E-state index contributed by atoms with van der Waals surface area (Å²) in [5, 5.41) is 0.444. The smallest absolute Gasteiger partial charge is 0.320 e. The van der Waals surface area contributed by atoms with Crippen molar-refractivity contribution in [3.8, 4) is 0 Å². The molecule has 1 aromatic carbocycles. The SMILES string of the molecule is NC(c1cc(Cl)c(Br)s1)c1ccccc1C(F)(F)F. The number of rotatable bonds is 2. The van der Waals surface area contributed by atoms with Crippen molar-refractivity contribution in [1.29, 1.82) is 0 Å². The Kier molecular flexibility index (Phi) is 4.25. The van der Waals surface area contributed by atoms with Crippen LogP contribution < -0.4 is 5.73 Å². The third kappa shape index (κ3) is 3.13. The van der Waals surface area contributed by atoms with Gasteiger partial charge in [-0.15, -0.1) is 11.3 Å². The van der Waals surface area contributed by atoms with Crippen LogP contribution in [0.3, 0.4) is 0 Å². The Bertz CT molecular complexity index is 577. The van der Waals surface area contributed by atoms with Crippen LogP contribution in [-0.4, -0.2) is 0 Å². The minimum absolute atomic E-state index is 0.0421. The Balaban J connectivity index is 2.47. The fourth-order valence-electron chi connectivity index (χ4n) is 1.70. The van der Waals surface area contributed by atoms with Gasteiger partial charge in [-0.2, -0.15) is 13.2 Å². The van der Waals surface area contributed by atoms with E-state index in [1.807, 2.05) is 0 Å². The second-order valence-electron chi connectivity index (χ2n) is 3.83. The van der Waals surface area contributed by atoms with E-state index in [1.165, 1.54) is 29.5 Å². The van der Waals surface area contributed by atoms with Gasteiger partial charge in [0.1, 0.15) is 0 Å². The van der Waals surface area contributed by atoms with Crippen molar-refractivity contribution in [3.63, 3.8) is 0 Å². The molecule has 0 amide bonds. The lowest BCUT2D eigenvalue weighted by Crippen LogP contribution is -2.17. The second-order valence-corrected chi connectivity index (χ2v) is 6.64. The van der Waals surface area contributed by atoms with Gasteiger partial charge in [0.05, 0.1) is 20.4 Å². The first kappa shape index (κ1) is 14.8. The highest BCUT2D eigenvalue weighted by atomic mass is 79.9. The van der Waals surface area contributed by atoms with Crippen LogP contribution in [0.1, 0.15) is 22.0 Å². The Morgan fingerprint density at radius 3 is 2.42 bits per heavy atom. The van der Waals surface area contributed by atoms with Crippen LogP contribution in [0.2, 0.25) is 5.02 Å². The van der Waals surface area contributed by atoms with E-state index in [1.54, 1.807) is 6.07 Å². The van der Waals surface area contributed by atoms with Crippen LogP contribution in [0, 0.1) is 0 Å². The number of alkyl halides is 3. The summed E-state index contributed by atoms with van der Waals surface area (Å²) >= 11 is 10.3. The van der Waals surface area contributed by atoms with Crippen LogP contribution in [0.25, 0.3) is 0 Å². The number of hydrogen-bond donors (Lipinski definition) is 1. The summed E-state index contributed by atoms with van der Waals surface area (Å²) in [6, 6.07) is 6.01. The summed E-state index contributed by atoms with van der Waals surface area (Å²) in [4.78, 5) is 0.577. The van der Waals surface area contributed by atoms with Crippen molar-refractivity contribution >= 4 is 38.9 Å². The van der Waals surface area contributed by atoms with Gasteiger partial charge in [-0.3, -0.25) is 0 Å². The van der Waals surface area contributed by atoms with Gasteiger partial charge in [0.25, 0.3) is 0 Å². The van der Waals surface area contributed by atoms with Crippen molar-refractivity contribution in [3.05, 3.63) is 55.1 Å². The van der Waals surface area contributed by atoms with Crippen molar-refractivity contribution in [1.82, 2.24) is 0 Å². The first-order chi connectivity index (χ1) is 8.80. The Labute approximate surface area is 125 Å². The zero-order valence-electron chi connectivity index (χ0n) is 9.34. The molecule has 1 heterocycles. The minimum Gasteiger partial charge on any atom is -0.320 e. The normalized spacial score (nSPS) is 13.6. The maximum absolute atomic E-state index is 12.9. The summed E-state index contributed by atoms with van der Waals surface area (Å²) in [7, 11) is 0. The molecule has 0 radical (unpaired) electrons. The molecule has 7 heteroatoms. The molecule has 0 aliphatic heterocycles. The van der Waals surface area contributed by atoms with Gasteiger partial charge in [-0.05, 0) is 33.6 Å². The number of nitrogens with two attached hydrogens (primary N) is 1. The molecule has 0 spiro atoms. The second kappa shape index (κ2) is 5.44. The molecular weight excluding hydrogens is 363 g/mol.